The largest absolute Gasteiger partial charge is 0.332 e. The summed E-state index contributed by atoms with van der Waals surface area (Å²) < 4.78 is 4.56. The van der Waals surface area contributed by atoms with E-state index in [-0.39, 0.29) is 17.8 Å². The molecular weight excluding hydrogens is 348 g/mol. The molecule has 0 atom stereocenters. The van der Waals surface area contributed by atoms with Gasteiger partial charge in [0.05, 0.1) is 11.4 Å². The first kappa shape index (κ1) is 16.5. The average Bonchev–Trinajstić information content (AvgIpc) is 3.21. The molecule has 0 radical (unpaired) electrons. The minimum absolute atomic E-state index is 0.228. The molecule has 0 saturated heterocycles. The highest BCUT2D eigenvalue weighted by Crippen LogP contribution is 2.28. The molecule has 3 heterocycles. The lowest BCUT2D eigenvalue weighted by atomic mass is 10.2. The number of hydrogen-bond donors (Lipinski definition) is 0. The van der Waals surface area contributed by atoms with E-state index in [1.165, 1.54) is 14.0 Å². The number of nitrogens with zero attached hydrogens (tertiary/aromatic N) is 4. The Balaban J connectivity index is 1.97. The molecule has 0 spiro atoms. The van der Waals surface area contributed by atoms with Crippen LogP contribution in [0.3, 0.4) is 0 Å². The van der Waals surface area contributed by atoms with Crippen molar-refractivity contribution < 1.29 is 0 Å². The molecule has 3 aromatic heterocycles. The van der Waals surface area contributed by atoms with E-state index in [2.05, 4.69) is 4.98 Å². The summed E-state index contributed by atoms with van der Waals surface area (Å²) in [5.74, 6) is 0.697. The normalized spacial score (nSPS) is 11.3. The zero-order chi connectivity index (χ0) is 18.4. The molecule has 26 heavy (non-hydrogen) atoms. The summed E-state index contributed by atoms with van der Waals surface area (Å²) in [4.78, 5) is 32.5. The summed E-state index contributed by atoms with van der Waals surface area (Å²) in [6, 6.07) is 13.5. The summed E-state index contributed by atoms with van der Waals surface area (Å²) in [7, 11) is 3.51. The molecule has 0 amide bonds. The predicted octanol–water partition coefficient (Wildman–Crippen LogP) is 2.52. The van der Waals surface area contributed by atoms with Gasteiger partial charge in [0.2, 0.25) is 0 Å². The zero-order valence-corrected chi connectivity index (χ0v) is 15.6. The molecule has 0 fully saturated rings. The van der Waals surface area contributed by atoms with Crippen LogP contribution in [0.15, 0.2) is 52.1 Å². The number of aromatic nitrogens is 4. The van der Waals surface area contributed by atoms with Crippen LogP contribution in [0, 0.1) is 6.92 Å². The quantitative estimate of drug-likeness (QED) is 0.560. The molecular formula is C19H18N4O2S. The number of thiophene rings is 1. The Labute approximate surface area is 153 Å². The van der Waals surface area contributed by atoms with Crippen molar-refractivity contribution in [2.45, 2.75) is 13.5 Å². The topological polar surface area (TPSA) is 61.8 Å². The zero-order valence-electron chi connectivity index (χ0n) is 14.8. The predicted molar refractivity (Wildman–Crippen MR) is 104 cm³/mol. The second kappa shape index (κ2) is 6.10. The highest BCUT2D eigenvalue weighted by Gasteiger charge is 2.19. The minimum Gasteiger partial charge on any atom is -0.312 e. The number of hydrogen-bond acceptors (Lipinski definition) is 4. The van der Waals surface area contributed by atoms with Gasteiger partial charge >= 0.3 is 5.69 Å². The molecule has 0 N–H and O–H groups in total. The monoisotopic (exact) mass is 366 g/mol. The third-order valence-corrected chi connectivity index (χ3v) is 5.49. The fourth-order valence-corrected chi connectivity index (χ4v) is 4.08. The summed E-state index contributed by atoms with van der Waals surface area (Å²) in [6.45, 7) is 2.26. The molecule has 0 saturated carbocycles. The molecule has 6 nitrogen and oxygen atoms in total. The van der Waals surface area contributed by atoms with Gasteiger partial charge in [-0.1, -0.05) is 30.3 Å². The van der Waals surface area contributed by atoms with Gasteiger partial charge in [-0.2, -0.15) is 0 Å². The molecule has 0 aliphatic heterocycles. The number of rotatable bonds is 3. The van der Waals surface area contributed by atoms with Crippen LogP contribution in [0.1, 0.15) is 10.4 Å². The molecule has 0 bridgehead atoms. The standard InChI is InChI=1S/C19H18N4O2S/c1-12-9-10-14(26-12)16-20-15-17(21(16)2)22(3)19(25)23(18(15)24)11-13-7-5-4-6-8-13/h4-10H,11H2,1-3H3. The highest BCUT2D eigenvalue weighted by atomic mass is 32.1. The van der Waals surface area contributed by atoms with Gasteiger partial charge in [0.15, 0.2) is 11.3 Å². The molecule has 0 aliphatic carbocycles. The van der Waals surface area contributed by atoms with Crippen LogP contribution in [0.5, 0.6) is 0 Å². The van der Waals surface area contributed by atoms with Crippen LogP contribution in [0.4, 0.5) is 0 Å². The van der Waals surface area contributed by atoms with E-state index in [9.17, 15) is 9.59 Å². The van der Waals surface area contributed by atoms with Crippen molar-refractivity contribution >= 4 is 22.5 Å². The van der Waals surface area contributed by atoms with E-state index in [0.29, 0.717) is 17.0 Å². The highest BCUT2D eigenvalue weighted by molar-refractivity contribution is 7.15. The maximum Gasteiger partial charge on any atom is 0.332 e. The number of benzene rings is 1. The molecule has 132 valence electrons. The second-order valence-electron chi connectivity index (χ2n) is 6.30. The van der Waals surface area contributed by atoms with Crippen molar-refractivity contribution in [3.05, 3.63) is 73.7 Å². The number of fused-ring (bicyclic) bond motifs is 1. The lowest BCUT2D eigenvalue weighted by molar-refractivity contribution is 0.651. The summed E-state index contributed by atoms with van der Waals surface area (Å²) >= 11 is 1.61. The Kier molecular flexibility index (Phi) is 3.88. The van der Waals surface area contributed by atoms with Crippen molar-refractivity contribution in [1.29, 1.82) is 0 Å². The summed E-state index contributed by atoms with van der Waals surface area (Å²) in [5, 5.41) is 0. The lowest BCUT2D eigenvalue weighted by Gasteiger charge is -2.09. The minimum atomic E-state index is -0.359. The third-order valence-electron chi connectivity index (χ3n) is 4.49. The molecule has 4 rings (SSSR count). The first-order valence-electron chi connectivity index (χ1n) is 8.24. The van der Waals surface area contributed by atoms with E-state index < -0.39 is 0 Å². The Morgan fingerprint density at radius 3 is 2.38 bits per heavy atom. The molecule has 1 aromatic carbocycles. The van der Waals surface area contributed by atoms with E-state index in [1.807, 2.05) is 61.0 Å². The van der Waals surface area contributed by atoms with Crippen LogP contribution in [-0.4, -0.2) is 18.7 Å². The van der Waals surface area contributed by atoms with Gasteiger partial charge < -0.3 is 4.57 Å². The van der Waals surface area contributed by atoms with Crippen LogP contribution in [0.2, 0.25) is 0 Å². The maximum atomic E-state index is 13.0. The van der Waals surface area contributed by atoms with Gasteiger partial charge in [0, 0.05) is 19.0 Å². The summed E-state index contributed by atoms with van der Waals surface area (Å²) in [6.07, 6.45) is 0. The van der Waals surface area contributed by atoms with Gasteiger partial charge in [-0.3, -0.25) is 13.9 Å². The van der Waals surface area contributed by atoms with Crippen molar-refractivity contribution in [2.24, 2.45) is 14.1 Å². The van der Waals surface area contributed by atoms with E-state index in [4.69, 9.17) is 0 Å². The fourth-order valence-electron chi connectivity index (χ4n) is 3.18. The Morgan fingerprint density at radius 1 is 1.00 bits per heavy atom. The second-order valence-corrected chi connectivity index (χ2v) is 7.58. The van der Waals surface area contributed by atoms with Crippen molar-refractivity contribution in [1.82, 2.24) is 18.7 Å². The third kappa shape index (κ3) is 2.52. The molecule has 0 aliphatic rings. The molecule has 4 aromatic rings. The number of aryl methyl sites for hydroxylation is 3. The molecule has 7 heteroatoms. The van der Waals surface area contributed by atoms with Gasteiger partial charge in [0.25, 0.3) is 5.56 Å². The van der Waals surface area contributed by atoms with E-state index in [0.717, 1.165) is 10.4 Å². The van der Waals surface area contributed by atoms with Gasteiger partial charge in [-0.25, -0.2) is 9.78 Å². The van der Waals surface area contributed by atoms with E-state index in [1.54, 1.807) is 18.4 Å². The average molecular weight is 366 g/mol. The lowest BCUT2D eigenvalue weighted by Crippen LogP contribution is -2.39. The van der Waals surface area contributed by atoms with Crippen LogP contribution in [0.25, 0.3) is 21.9 Å². The first-order valence-corrected chi connectivity index (χ1v) is 9.06. The van der Waals surface area contributed by atoms with Crippen molar-refractivity contribution in [2.75, 3.05) is 0 Å². The van der Waals surface area contributed by atoms with Crippen LogP contribution in [-0.2, 0) is 20.6 Å². The van der Waals surface area contributed by atoms with Gasteiger partial charge in [0.1, 0.15) is 5.65 Å². The Morgan fingerprint density at radius 2 is 1.73 bits per heavy atom. The van der Waals surface area contributed by atoms with Gasteiger partial charge in [-0.15, -0.1) is 11.3 Å². The van der Waals surface area contributed by atoms with Crippen molar-refractivity contribution in [3.63, 3.8) is 0 Å². The maximum absolute atomic E-state index is 13.0. The van der Waals surface area contributed by atoms with Crippen molar-refractivity contribution in [3.8, 4) is 10.7 Å². The smallest absolute Gasteiger partial charge is 0.312 e. The SMILES string of the molecule is Cc1ccc(-c2nc3c(=O)n(Cc4ccccc4)c(=O)n(C)c3n2C)s1. The Hall–Kier alpha value is -2.93. The fraction of sp³-hybridized carbons (Fsp3) is 0.211. The molecule has 0 unspecified atom stereocenters. The van der Waals surface area contributed by atoms with E-state index >= 15 is 0 Å². The van der Waals surface area contributed by atoms with Crippen LogP contribution >= 0.6 is 11.3 Å². The van der Waals surface area contributed by atoms with Crippen LogP contribution < -0.4 is 11.2 Å². The Bertz CT molecular complexity index is 1230. The van der Waals surface area contributed by atoms with Gasteiger partial charge in [-0.05, 0) is 24.6 Å². The first-order chi connectivity index (χ1) is 12.5. The summed E-state index contributed by atoms with van der Waals surface area (Å²) in [5.41, 5.74) is 1.04. The number of imidazole rings is 1.